The lowest BCUT2D eigenvalue weighted by Gasteiger charge is -2.23. The zero-order valence-electron chi connectivity index (χ0n) is 12.0. The van der Waals surface area contributed by atoms with Gasteiger partial charge in [-0.2, -0.15) is 0 Å². The molecule has 2 fully saturated rings. The normalized spacial score (nSPS) is 22.8. The molecule has 1 aromatic rings. The van der Waals surface area contributed by atoms with E-state index in [0.29, 0.717) is 31.4 Å². The lowest BCUT2D eigenvalue weighted by atomic mass is 10.1. The fourth-order valence-corrected chi connectivity index (χ4v) is 3.21. The summed E-state index contributed by atoms with van der Waals surface area (Å²) < 4.78 is 0. The van der Waals surface area contributed by atoms with Crippen molar-refractivity contribution in [2.75, 3.05) is 6.54 Å². The van der Waals surface area contributed by atoms with Gasteiger partial charge in [-0.15, -0.1) is 0 Å². The molecule has 1 N–H and O–H groups in total. The van der Waals surface area contributed by atoms with Crippen LogP contribution in [0.1, 0.15) is 37.9 Å². The van der Waals surface area contributed by atoms with Gasteiger partial charge in [-0.1, -0.05) is 12.8 Å². The molecular weight excluding hydrogens is 268 g/mol. The Hall–Kier alpha value is -1.98. The lowest BCUT2D eigenvalue weighted by molar-refractivity contribution is -0.130. The first kappa shape index (κ1) is 14.0. The molecule has 2 aliphatic rings. The van der Waals surface area contributed by atoms with Gasteiger partial charge in [0.05, 0.1) is 12.5 Å². The Bertz CT molecular complexity index is 514. The van der Waals surface area contributed by atoms with Gasteiger partial charge < -0.3 is 10.2 Å². The number of hydrogen-bond acceptors (Lipinski definition) is 4. The van der Waals surface area contributed by atoms with Gasteiger partial charge in [0.1, 0.15) is 5.82 Å². The fraction of sp³-hybridized carbons (Fsp3) is 0.600. The molecule has 1 aliphatic heterocycles. The molecule has 1 aromatic heterocycles. The highest BCUT2D eigenvalue weighted by Crippen LogP contribution is 2.29. The third-order valence-corrected chi connectivity index (χ3v) is 4.33. The van der Waals surface area contributed by atoms with Crippen LogP contribution < -0.4 is 5.32 Å². The third kappa shape index (κ3) is 3.20. The number of hydrogen-bond donors (Lipinski definition) is 1. The zero-order chi connectivity index (χ0) is 14.7. The molecule has 2 heterocycles. The van der Waals surface area contributed by atoms with Crippen LogP contribution in [0.4, 0.5) is 0 Å². The van der Waals surface area contributed by atoms with Crippen LogP contribution in [0.5, 0.6) is 0 Å². The fourth-order valence-electron chi connectivity index (χ4n) is 3.21. The summed E-state index contributed by atoms with van der Waals surface area (Å²) >= 11 is 0. The summed E-state index contributed by atoms with van der Waals surface area (Å²) in [7, 11) is 0. The Kier molecular flexibility index (Phi) is 4.13. The molecular formula is C15H20N4O2. The zero-order valence-corrected chi connectivity index (χ0v) is 12.0. The summed E-state index contributed by atoms with van der Waals surface area (Å²) in [5, 5.41) is 2.83. The number of rotatable bonds is 4. The van der Waals surface area contributed by atoms with Crippen molar-refractivity contribution in [3.8, 4) is 0 Å². The minimum atomic E-state index is -0.234. The van der Waals surface area contributed by atoms with Crippen molar-refractivity contribution in [2.45, 2.75) is 44.7 Å². The Balaban J connectivity index is 1.52. The first-order chi connectivity index (χ1) is 10.2. The molecule has 1 saturated carbocycles. The maximum Gasteiger partial charge on any atom is 0.225 e. The SMILES string of the molecule is O=C(NCc1ncccn1)C1CC(=O)N(C2CCCC2)C1. The molecule has 1 aliphatic carbocycles. The standard InChI is InChI=1S/C15H20N4O2/c20-14-8-11(10-19(14)12-4-1-2-5-12)15(21)18-9-13-16-6-3-7-17-13/h3,6-7,11-12H,1-2,4-5,8-10H2,(H,18,21). The van der Waals surface area contributed by atoms with Crippen molar-refractivity contribution < 1.29 is 9.59 Å². The van der Waals surface area contributed by atoms with Crippen LogP contribution in [0.15, 0.2) is 18.5 Å². The van der Waals surface area contributed by atoms with Crippen LogP contribution in [0.3, 0.4) is 0 Å². The Morgan fingerprint density at radius 1 is 1.29 bits per heavy atom. The summed E-state index contributed by atoms with van der Waals surface area (Å²) in [5.74, 6) is 0.402. The van der Waals surface area contributed by atoms with Crippen molar-refractivity contribution in [3.05, 3.63) is 24.3 Å². The molecule has 0 spiro atoms. The van der Waals surface area contributed by atoms with Gasteiger partial charge in [0, 0.05) is 31.4 Å². The van der Waals surface area contributed by atoms with Crippen LogP contribution >= 0.6 is 0 Å². The number of nitrogens with zero attached hydrogens (tertiary/aromatic N) is 3. The number of likely N-dealkylation sites (tertiary alicyclic amines) is 1. The first-order valence-corrected chi connectivity index (χ1v) is 7.57. The summed E-state index contributed by atoms with van der Waals surface area (Å²) in [6.45, 7) is 0.874. The molecule has 6 heteroatoms. The second-order valence-corrected chi connectivity index (χ2v) is 5.77. The highest BCUT2D eigenvalue weighted by Gasteiger charge is 2.38. The second kappa shape index (κ2) is 6.20. The number of carbonyl (C=O) groups excluding carboxylic acids is 2. The Morgan fingerprint density at radius 2 is 2.00 bits per heavy atom. The van der Waals surface area contributed by atoms with Crippen LogP contribution in [0.2, 0.25) is 0 Å². The molecule has 0 aromatic carbocycles. The van der Waals surface area contributed by atoms with Gasteiger partial charge in [0.25, 0.3) is 0 Å². The highest BCUT2D eigenvalue weighted by molar-refractivity contribution is 5.89. The van der Waals surface area contributed by atoms with Gasteiger partial charge in [0.2, 0.25) is 11.8 Å². The average molecular weight is 288 g/mol. The monoisotopic (exact) mass is 288 g/mol. The average Bonchev–Trinajstić information content (AvgIpc) is 3.15. The van der Waals surface area contributed by atoms with Gasteiger partial charge in [-0.25, -0.2) is 9.97 Å². The molecule has 1 atom stereocenters. The second-order valence-electron chi connectivity index (χ2n) is 5.77. The van der Waals surface area contributed by atoms with Crippen molar-refractivity contribution >= 4 is 11.8 Å². The Labute approximate surface area is 124 Å². The van der Waals surface area contributed by atoms with E-state index in [9.17, 15) is 9.59 Å². The predicted molar refractivity (Wildman–Crippen MR) is 76.0 cm³/mol. The van der Waals surface area contributed by atoms with Crippen molar-refractivity contribution in [1.29, 1.82) is 0 Å². The summed E-state index contributed by atoms with van der Waals surface area (Å²) in [4.78, 5) is 34.3. The molecule has 112 valence electrons. The van der Waals surface area contributed by atoms with Crippen molar-refractivity contribution in [3.63, 3.8) is 0 Å². The van der Waals surface area contributed by atoms with Gasteiger partial charge in [-0.05, 0) is 18.9 Å². The van der Waals surface area contributed by atoms with Crippen LogP contribution in [-0.2, 0) is 16.1 Å². The summed E-state index contributed by atoms with van der Waals surface area (Å²) in [5.41, 5.74) is 0. The predicted octanol–water partition coefficient (Wildman–Crippen LogP) is 0.884. The van der Waals surface area contributed by atoms with E-state index in [1.54, 1.807) is 18.5 Å². The molecule has 0 bridgehead atoms. The van der Waals surface area contributed by atoms with E-state index in [1.165, 1.54) is 12.8 Å². The topological polar surface area (TPSA) is 75.2 Å². The highest BCUT2D eigenvalue weighted by atomic mass is 16.2. The van der Waals surface area contributed by atoms with E-state index in [0.717, 1.165) is 12.8 Å². The van der Waals surface area contributed by atoms with Crippen LogP contribution in [-0.4, -0.2) is 39.3 Å². The lowest BCUT2D eigenvalue weighted by Crippen LogP contribution is -2.37. The van der Waals surface area contributed by atoms with E-state index in [4.69, 9.17) is 0 Å². The maximum absolute atomic E-state index is 12.2. The quantitative estimate of drug-likeness (QED) is 0.892. The maximum atomic E-state index is 12.2. The Morgan fingerprint density at radius 3 is 2.71 bits per heavy atom. The minimum Gasteiger partial charge on any atom is -0.348 e. The largest absolute Gasteiger partial charge is 0.348 e. The van der Waals surface area contributed by atoms with Crippen LogP contribution in [0, 0.1) is 5.92 Å². The van der Waals surface area contributed by atoms with Crippen molar-refractivity contribution in [2.24, 2.45) is 5.92 Å². The molecule has 2 amide bonds. The van der Waals surface area contributed by atoms with E-state index < -0.39 is 0 Å². The summed E-state index contributed by atoms with van der Waals surface area (Å²) in [6.07, 6.45) is 8.17. The number of carbonyl (C=O) groups is 2. The van der Waals surface area contributed by atoms with E-state index in [1.807, 2.05) is 4.90 Å². The number of nitrogens with one attached hydrogen (secondary N) is 1. The van der Waals surface area contributed by atoms with Gasteiger partial charge in [0.15, 0.2) is 0 Å². The number of aromatic nitrogens is 2. The third-order valence-electron chi connectivity index (χ3n) is 4.33. The molecule has 6 nitrogen and oxygen atoms in total. The van der Waals surface area contributed by atoms with Gasteiger partial charge in [-0.3, -0.25) is 9.59 Å². The number of amides is 2. The smallest absolute Gasteiger partial charge is 0.225 e. The minimum absolute atomic E-state index is 0.0729. The first-order valence-electron chi connectivity index (χ1n) is 7.57. The van der Waals surface area contributed by atoms with Crippen LogP contribution in [0.25, 0.3) is 0 Å². The van der Waals surface area contributed by atoms with E-state index in [-0.39, 0.29) is 17.7 Å². The molecule has 1 unspecified atom stereocenters. The molecule has 1 saturated heterocycles. The molecule has 3 rings (SSSR count). The molecule has 0 radical (unpaired) electrons. The van der Waals surface area contributed by atoms with E-state index >= 15 is 0 Å². The van der Waals surface area contributed by atoms with Crippen molar-refractivity contribution in [1.82, 2.24) is 20.2 Å². The summed E-state index contributed by atoms with van der Waals surface area (Å²) in [6, 6.07) is 2.09. The van der Waals surface area contributed by atoms with E-state index in [2.05, 4.69) is 15.3 Å². The van der Waals surface area contributed by atoms with Gasteiger partial charge >= 0.3 is 0 Å². The molecule has 21 heavy (non-hydrogen) atoms.